The lowest BCUT2D eigenvalue weighted by Crippen LogP contribution is -2.51. The zero-order valence-electron chi connectivity index (χ0n) is 9.62. The quantitative estimate of drug-likeness (QED) is 0.651. The summed E-state index contributed by atoms with van der Waals surface area (Å²) in [5.74, 6) is 0.0778. The SMILES string of the molecule is CC(C)=CCC(N)C(=O)N1CCNCC1. The van der Waals surface area contributed by atoms with E-state index in [-0.39, 0.29) is 11.9 Å². The van der Waals surface area contributed by atoms with Crippen LogP contribution in [-0.2, 0) is 4.79 Å². The van der Waals surface area contributed by atoms with Crippen molar-refractivity contribution in [3.8, 4) is 0 Å². The Morgan fingerprint density at radius 2 is 2.07 bits per heavy atom. The molecule has 0 bridgehead atoms. The highest BCUT2D eigenvalue weighted by Crippen LogP contribution is 2.02. The molecule has 1 saturated heterocycles. The molecule has 1 unspecified atom stereocenters. The van der Waals surface area contributed by atoms with Crippen LogP contribution in [0.3, 0.4) is 0 Å². The molecule has 4 nitrogen and oxygen atoms in total. The van der Waals surface area contributed by atoms with E-state index in [1.54, 1.807) is 0 Å². The van der Waals surface area contributed by atoms with Crippen LogP contribution in [0.15, 0.2) is 11.6 Å². The van der Waals surface area contributed by atoms with E-state index in [4.69, 9.17) is 5.73 Å². The highest BCUT2D eigenvalue weighted by atomic mass is 16.2. The number of piperazine rings is 1. The molecule has 1 fully saturated rings. The fourth-order valence-electron chi connectivity index (χ4n) is 1.58. The van der Waals surface area contributed by atoms with Crippen molar-refractivity contribution in [2.24, 2.45) is 5.73 Å². The highest BCUT2D eigenvalue weighted by Gasteiger charge is 2.21. The second-order valence-corrected chi connectivity index (χ2v) is 4.20. The summed E-state index contributed by atoms with van der Waals surface area (Å²) in [5, 5.41) is 3.21. The van der Waals surface area contributed by atoms with Gasteiger partial charge < -0.3 is 16.0 Å². The number of amides is 1. The maximum absolute atomic E-state index is 11.9. The number of nitrogens with zero attached hydrogens (tertiary/aromatic N) is 1. The summed E-state index contributed by atoms with van der Waals surface area (Å²) in [5.41, 5.74) is 7.05. The molecule has 1 amide bonds. The van der Waals surface area contributed by atoms with Crippen LogP contribution in [0.25, 0.3) is 0 Å². The zero-order chi connectivity index (χ0) is 11.3. The van der Waals surface area contributed by atoms with Crippen molar-refractivity contribution in [3.63, 3.8) is 0 Å². The van der Waals surface area contributed by atoms with Crippen molar-refractivity contribution in [1.29, 1.82) is 0 Å². The van der Waals surface area contributed by atoms with Gasteiger partial charge >= 0.3 is 0 Å². The van der Waals surface area contributed by atoms with Crippen molar-refractivity contribution in [2.45, 2.75) is 26.3 Å². The predicted octanol–water partition coefficient (Wildman–Crippen LogP) is 0.102. The summed E-state index contributed by atoms with van der Waals surface area (Å²) in [4.78, 5) is 13.7. The number of allylic oxidation sites excluding steroid dienone is 1. The average Bonchev–Trinajstić information content (AvgIpc) is 2.26. The molecule has 1 aliphatic heterocycles. The molecule has 1 rings (SSSR count). The van der Waals surface area contributed by atoms with Crippen LogP contribution in [0.2, 0.25) is 0 Å². The van der Waals surface area contributed by atoms with Gasteiger partial charge in [0.2, 0.25) is 5.91 Å². The lowest BCUT2D eigenvalue weighted by atomic mass is 10.1. The Labute approximate surface area is 91.5 Å². The molecule has 0 aliphatic carbocycles. The third kappa shape index (κ3) is 4.01. The van der Waals surface area contributed by atoms with Crippen LogP contribution in [0, 0.1) is 0 Å². The second-order valence-electron chi connectivity index (χ2n) is 4.20. The highest BCUT2D eigenvalue weighted by molar-refractivity contribution is 5.81. The van der Waals surface area contributed by atoms with Crippen molar-refractivity contribution >= 4 is 5.91 Å². The molecule has 0 aromatic heterocycles. The van der Waals surface area contributed by atoms with E-state index in [0.717, 1.165) is 26.2 Å². The normalized spacial score (nSPS) is 18.5. The molecule has 15 heavy (non-hydrogen) atoms. The minimum Gasteiger partial charge on any atom is -0.339 e. The number of nitrogens with two attached hydrogens (primary N) is 1. The monoisotopic (exact) mass is 211 g/mol. The van der Waals surface area contributed by atoms with Crippen molar-refractivity contribution in [3.05, 3.63) is 11.6 Å². The smallest absolute Gasteiger partial charge is 0.239 e. The van der Waals surface area contributed by atoms with Gasteiger partial charge in [0.1, 0.15) is 0 Å². The first-order valence-corrected chi connectivity index (χ1v) is 5.49. The van der Waals surface area contributed by atoms with E-state index in [2.05, 4.69) is 5.32 Å². The van der Waals surface area contributed by atoms with Crippen LogP contribution in [0.5, 0.6) is 0 Å². The average molecular weight is 211 g/mol. The largest absolute Gasteiger partial charge is 0.339 e. The van der Waals surface area contributed by atoms with Crippen molar-refractivity contribution < 1.29 is 4.79 Å². The number of nitrogens with one attached hydrogen (secondary N) is 1. The van der Waals surface area contributed by atoms with Gasteiger partial charge in [0.25, 0.3) is 0 Å². The third-order valence-corrected chi connectivity index (χ3v) is 2.53. The molecule has 1 heterocycles. The Kier molecular flexibility index (Phi) is 4.78. The van der Waals surface area contributed by atoms with Crippen LogP contribution in [0.4, 0.5) is 0 Å². The van der Waals surface area contributed by atoms with Gasteiger partial charge in [-0.1, -0.05) is 11.6 Å². The fourth-order valence-corrected chi connectivity index (χ4v) is 1.58. The molecule has 86 valence electrons. The molecule has 0 aromatic rings. The molecule has 1 aliphatic rings. The molecular formula is C11H21N3O. The Bertz CT molecular complexity index is 240. The molecule has 4 heteroatoms. The van der Waals surface area contributed by atoms with Crippen LogP contribution in [0.1, 0.15) is 20.3 Å². The van der Waals surface area contributed by atoms with Gasteiger partial charge in [-0.25, -0.2) is 0 Å². The van der Waals surface area contributed by atoms with Gasteiger partial charge in [0, 0.05) is 26.2 Å². The minimum absolute atomic E-state index is 0.0778. The summed E-state index contributed by atoms with van der Waals surface area (Å²) in [6.07, 6.45) is 2.66. The predicted molar refractivity (Wildman–Crippen MR) is 61.5 cm³/mol. The van der Waals surface area contributed by atoms with E-state index in [1.807, 2.05) is 24.8 Å². The van der Waals surface area contributed by atoms with Crippen LogP contribution in [-0.4, -0.2) is 43.0 Å². The summed E-state index contributed by atoms with van der Waals surface area (Å²) in [6.45, 7) is 7.34. The summed E-state index contributed by atoms with van der Waals surface area (Å²) in [6, 6.07) is -0.377. The minimum atomic E-state index is -0.377. The van der Waals surface area contributed by atoms with E-state index >= 15 is 0 Å². The lowest BCUT2D eigenvalue weighted by Gasteiger charge is -2.29. The van der Waals surface area contributed by atoms with E-state index < -0.39 is 0 Å². The maximum Gasteiger partial charge on any atom is 0.239 e. The molecular weight excluding hydrogens is 190 g/mol. The van der Waals surface area contributed by atoms with Gasteiger partial charge in [-0.3, -0.25) is 4.79 Å². The third-order valence-electron chi connectivity index (χ3n) is 2.53. The van der Waals surface area contributed by atoms with Crippen molar-refractivity contribution in [2.75, 3.05) is 26.2 Å². The van der Waals surface area contributed by atoms with Gasteiger partial charge in [0.15, 0.2) is 0 Å². The molecule has 1 atom stereocenters. The Balaban J connectivity index is 2.40. The first kappa shape index (κ1) is 12.2. The molecule has 0 aromatic carbocycles. The Hall–Kier alpha value is -0.870. The standard InChI is InChI=1S/C11H21N3O/c1-9(2)3-4-10(12)11(15)14-7-5-13-6-8-14/h3,10,13H,4-8,12H2,1-2H3. The molecule has 0 saturated carbocycles. The topological polar surface area (TPSA) is 58.4 Å². The fraction of sp³-hybridized carbons (Fsp3) is 0.727. The summed E-state index contributed by atoms with van der Waals surface area (Å²) >= 11 is 0. The van der Waals surface area contributed by atoms with Gasteiger partial charge in [-0.15, -0.1) is 0 Å². The van der Waals surface area contributed by atoms with Crippen molar-refractivity contribution in [1.82, 2.24) is 10.2 Å². The zero-order valence-corrected chi connectivity index (χ0v) is 9.62. The first-order chi connectivity index (χ1) is 7.11. The van der Waals surface area contributed by atoms with E-state index in [1.165, 1.54) is 5.57 Å². The van der Waals surface area contributed by atoms with E-state index in [0.29, 0.717) is 6.42 Å². The van der Waals surface area contributed by atoms with Gasteiger partial charge in [-0.05, 0) is 20.3 Å². The summed E-state index contributed by atoms with van der Waals surface area (Å²) in [7, 11) is 0. The van der Waals surface area contributed by atoms with Crippen LogP contribution >= 0.6 is 0 Å². The Morgan fingerprint density at radius 1 is 1.47 bits per heavy atom. The number of rotatable bonds is 3. The maximum atomic E-state index is 11.9. The van der Waals surface area contributed by atoms with Crippen LogP contribution < -0.4 is 11.1 Å². The second kappa shape index (κ2) is 5.88. The lowest BCUT2D eigenvalue weighted by molar-refractivity contribution is -0.133. The number of hydrogen-bond donors (Lipinski definition) is 2. The van der Waals surface area contributed by atoms with Gasteiger partial charge in [0.05, 0.1) is 6.04 Å². The number of hydrogen-bond acceptors (Lipinski definition) is 3. The Morgan fingerprint density at radius 3 is 2.60 bits per heavy atom. The first-order valence-electron chi connectivity index (χ1n) is 5.49. The summed E-state index contributed by atoms with van der Waals surface area (Å²) < 4.78 is 0. The number of carbonyl (C=O) groups is 1. The van der Waals surface area contributed by atoms with Gasteiger partial charge in [-0.2, -0.15) is 0 Å². The molecule has 0 radical (unpaired) electrons. The number of carbonyl (C=O) groups excluding carboxylic acids is 1. The molecule has 0 spiro atoms. The molecule has 3 N–H and O–H groups in total. The van der Waals surface area contributed by atoms with E-state index in [9.17, 15) is 4.79 Å².